The molecule has 0 bridgehead atoms. The first-order valence-corrected chi connectivity index (χ1v) is 10.6. The lowest BCUT2D eigenvalue weighted by Gasteiger charge is -2.25. The van der Waals surface area contributed by atoms with Crippen molar-refractivity contribution in [1.29, 1.82) is 0 Å². The highest BCUT2D eigenvalue weighted by atomic mass is 32.2. The Morgan fingerprint density at radius 3 is 2.43 bits per heavy atom. The highest BCUT2D eigenvalue weighted by molar-refractivity contribution is 7.91. The number of sulfone groups is 1. The second-order valence-electron chi connectivity index (χ2n) is 6.61. The minimum Gasteiger partial charge on any atom is -0.486 e. The van der Waals surface area contributed by atoms with Crippen molar-refractivity contribution < 1.29 is 27.1 Å². The molecular formula is C20H22FNO5S. The lowest BCUT2D eigenvalue weighted by Crippen LogP contribution is -2.31. The first kappa shape index (κ1) is 20.1. The van der Waals surface area contributed by atoms with Gasteiger partial charge in [-0.3, -0.25) is 4.79 Å². The summed E-state index contributed by atoms with van der Waals surface area (Å²) in [6.07, 6.45) is -0.154. The molecule has 1 heterocycles. The van der Waals surface area contributed by atoms with Gasteiger partial charge in [-0.05, 0) is 36.8 Å². The normalized spacial score (nSPS) is 14.4. The third-order valence-electron chi connectivity index (χ3n) is 4.78. The predicted octanol–water partition coefficient (Wildman–Crippen LogP) is 2.98. The number of carbonyl (C=O) groups is 1. The van der Waals surface area contributed by atoms with E-state index in [1.165, 1.54) is 29.2 Å². The van der Waals surface area contributed by atoms with Crippen LogP contribution in [0.3, 0.4) is 0 Å². The van der Waals surface area contributed by atoms with E-state index < -0.39 is 9.84 Å². The van der Waals surface area contributed by atoms with Gasteiger partial charge in [0.15, 0.2) is 21.3 Å². The van der Waals surface area contributed by atoms with Gasteiger partial charge < -0.3 is 14.4 Å². The van der Waals surface area contributed by atoms with Gasteiger partial charge in [0, 0.05) is 19.5 Å². The van der Waals surface area contributed by atoms with Crippen molar-refractivity contribution in [2.45, 2.75) is 24.3 Å². The van der Waals surface area contributed by atoms with Crippen LogP contribution in [0.4, 0.5) is 4.39 Å². The molecule has 6 nitrogen and oxygen atoms in total. The van der Waals surface area contributed by atoms with E-state index >= 15 is 0 Å². The minimum absolute atomic E-state index is 0.0961. The molecule has 0 aliphatic carbocycles. The van der Waals surface area contributed by atoms with Crippen molar-refractivity contribution in [3.63, 3.8) is 0 Å². The van der Waals surface area contributed by atoms with Crippen molar-refractivity contribution in [3.05, 3.63) is 53.8 Å². The SMILES string of the molecule is CC(c1ccc(F)cc1)N(C)C(=O)CCS(=O)(=O)c1ccc2c(c1)OCCO2. The molecule has 8 heteroatoms. The summed E-state index contributed by atoms with van der Waals surface area (Å²) in [5, 5.41) is 0. The number of benzene rings is 2. The highest BCUT2D eigenvalue weighted by Crippen LogP contribution is 2.32. The van der Waals surface area contributed by atoms with Crippen LogP contribution in [0.25, 0.3) is 0 Å². The maximum Gasteiger partial charge on any atom is 0.223 e. The van der Waals surface area contributed by atoms with E-state index in [4.69, 9.17) is 9.47 Å². The maximum atomic E-state index is 13.1. The summed E-state index contributed by atoms with van der Waals surface area (Å²) < 4.78 is 49.1. The van der Waals surface area contributed by atoms with Gasteiger partial charge in [0.05, 0.1) is 16.7 Å². The van der Waals surface area contributed by atoms with Crippen molar-refractivity contribution in [2.24, 2.45) is 0 Å². The monoisotopic (exact) mass is 407 g/mol. The van der Waals surface area contributed by atoms with Gasteiger partial charge in [0.1, 0.15) is 19.0 Å². The molecule has 1 aliphatic heterocycles. The van der Waals surface area contributed by atoms with E-state index in [-0.39, 0.29) is 34.8 Å². The summed E-state index contributed by atoms with van der Waals surface area (Å²) in [7, 11) is -2.05. The number of hydrogen-bond donors (Lipinski definition) is 0. The van der Waals surface area contributed by atoms with E-state index in [0.29, 0.717) is 24.7 Å². The van der Waals surface area contributed by atoms with Gasteiger partial charge in [0.25, 0.3) is 0 Å². The van der Waals surface area contributed by atoms with Gasteiger partial charge in [-0.25, -0.2) is 12.8 Å². The molecule has 2 aromatic rings. The van der Waals surface area contributed by atoms with E-state index in [9.17, 15) is 17.6 Å². The van der Waals surface area contributed by atoms with Crippen LogP contribution >= 0.6 is 0 Å². The second-order valence-corrected chi connectivity index (χ2v) is 8.72. The zero-order valence-electron chi connectivity index (χ0n) is 15.7. The standard InChI is InChI=1S/C20H22FNO5S/c1-14(15-3-5-16(21)6-4-15)22(2)20(23)9-12-28(24,25)17-7-8-18-19(13-17)27-11-10-26-18/h3-8,13-14H,9-12H2,1-2H3. The molecule has 28 heavy (non-hydrogen) atoms. The Morgan fingerprint density at radius 1 is 1.11 bits per heavy atom. The summed E-state index contributed by atoms with van der Waals surface area (Å²) in [5.74, 6) is -0.0744. The maximum absolute atomic E-state index is 13.1. The van der Waals surface area contributed by atoms with Gasteiger partial charge in [-0.15, -0.1) is 0 Å². The largest absolute Gasteiger partial charge is 0.486 e. The molecule has 150 valence electrons. The molecule has 0 aromatic heterocycles. The summed E-state index contributed by atoms with van der Waals surface area (Å²) in [6.45, 7) is 2.59. The lowest BCUT2D eigenvalue weighted by atomic mass is 10.1. The van der Waals surface area contributed by atoms with Crippen molar-refractivity contribution in [2.75, 3.05) is 26.0 Å². The number of fused-ring (bicyclic) bond motifs is 1. The summed E-state index contributed by atoms with van der Waals surface area (Å²) >= 11 is 0. The van der Waals surface area contributed by atoms with Crippen molar-refractivity contribution in [1.82, 2.24) is 4.90 Å². The summed E-state index contributed by atoms with van der Waals surface area (Å²) in [6, 6.07) is 10.0. The Bertz CT molecular complexity index is 959. The summed E-state index contributed by atoms with van der Waals surface area (Å²) in [4.78, 5) is 14.0. The Balaban J connectivity index is 1.65. The fraction of sp³-hybridized carbons (Fsp3) is 0.350. The van der Waals surface area contributed by atoms with Crippen LogP contribution in [0.15, 0.2) is 47.4 Å². The number of halogens is 1. The Labute approximate surface area is 163 Å². The molecule has 0 spiro atoms. The van der Waals surface area contributed by atoms with Crippen LogP contribution in [0.1, 0.15) is 24.9 Å². The van der Waals surface area contributed by atoms with E-state index in [1.807, 2.05) is 0 Å². The van der Waals surface area contributed by atoms with Crippen LogP contribution < -0.4 is 9.47 Å². The Morgan fingerprint density at radius 2 is 1.75 bits per heavy atom. The van der Waals surface area contributed by atoms with E-state index in [0.717, 1.165) is 5.56 Å². The van der Waals surface area contributed by atoms with Gasteiger partial charge >= 0.3 is 0 Å². The summed E-state index contributed by atoms with van der Waals surface area (Å²) in [5.41, 5.74) is 0.770. The van der Waals surface area contributed by atoms with Crippen LogP contribution in [-0.2, 0) is 14.6 Å². The number of amides is 1. The third-order valence-corrected chi connectivity index (χ3v) is 6.50. The molecule has 1 aliphatic rings. The molecule has 1 atom stereocenters. The average Bonchev–Trinajstić information content (AvgIpc) is 2.71. The second kappa shape index (κ2) is 8.18. The average molecular weight is 407 g/mol. The van der Waals surface area contributed by atoms with Gasteiger partial charge in [-0.1, -0.05) is 12.1 Å². The predicted molar refractivity (Wildman–Crippen MR) is 102 cm³/mol. The van der Waals surface area contributed by atoms with Crippen molar-refractivity contribution in [3.8, 4) is 11.5 Å². The third kappa shape index (κ3) is 4.44. The Kier molecular flexibility index (Phi) is 5.88. The first-order chi connectivity index (χ1) is 13.3. The van der Waals surface area contributed by atoms with Crippen LogP contribution in [0.5, 0.6) is 11.5 Å². The van der Waals surface area contributed by atoms with Gasteiger partial charge in [-0.2, -0.15) is 0 Å². The minimum atomic E-state index is -3.65. The zero-order chi connectivity index (χ0) is 20.3. The molecular weight excluding hydrogens is 385 g/mol. The van der Waals surface area contributed by atoms with Gasteiger partial charge in [0.2, 0.25) is 5.91 Å². The molecule has 0 N–H and O–H groups in total. The quantitative estimate of drug-likeness (QED) is 0.736. The molecule has 0 saturated carbocycles. The molecule has 0 radical (unpaired) electrons. The lowest BCUT2D eigenvalue weighted by molar-refractivity contribution is -0.131. The number of rotatable bonds is 6. The van der Waals surface area contributed by atoms with Crippen molar-refractivity contribution >= 4 is 15.7 Å². The smallest absolute Gasteiger partial charge is 0.223 e. The number of carbonyl (C=O) groups excluding carboxylic acids is 1. The topological polar surface area (TPSA) is 72.9 Å². The number of ether oxygens (including phenoxy) is 2. The Hall–Kier alpha value is -2.61. The van der Waals surface area contributed by atoms with Crippen LogP contribution in [-0.4, -0.2) is 45.2 Å². The van der Waals surface area contributed by atoms with E-state index in [1.54, 1.807) is 32.2 Å². The fourth-order valence-corrected chi connectivity index (χ4v) is 4.15. The molecule has 0 saturated heterocycles. The zero-order valence-corrected chi connectivity index (χ0v) is 16.5. The van der Waals surface area contributed by atoms with E-state index in [2.05, 4.69) is 0 Å². The molecule has 2 aromatic carbocycles. The first-order valence-electron chi connectivity index (χ1n) is 8.91. The van der Waals surface area contributed by atoms with Crippen LogP contribution in [0, 0.1) is 5.82 Å². The van der Waals surface area contributed by atoms with Crippen LogP contribution in [0.2, 0.25) is 0 Å². The molecule has 0 fully saturated rings. The molecule has 1 amide bonds. The number of nitrogens with zero attached hydrogens (tertiary/aromatic N) is 1. The molecule has 3 rings (SSSR count). The highest BCUT2D eigenvalue weighted by Gasteiger charge is 2.23. The number of hydrogen-bond acceptors (Lipinski definition) is 5. The fourth-order valence-electron chi connectivity index (χ4n) is 2.91. The molecule has 1 unspecified atom stereocenters.